The Morgan fingerprint density at radius 2 is 1.88 bits per heavy atom. The molecule has 170 valence electrons. The number of nitrogens with zero attached hydrogens (tertiary/aromatic N) is 3. The maximum atomic E-state index is 13.2. The minimum Gasteiger partial charge on any atom is -0.497 e. The maximum Gasteiger partial charge on any atom is 0.267 e. The number of anilines is 1. The zero-order valence-electron chi connectivity index (χ0n) is 18.5. The van der Waals surface area contributed by atoms with Crippen molar-refractivity contribution in [3.63, 3.8) is 0 Å². The van der Waals surface area contributed by atoms with E-state index in [1.54, 1.807) is 18.1 Å². The molecule has 0 bridgehead atoms. The number of methoxy groups -OCH3 is 1. The maximum absolute atomic E-state index is 13.2. The zero-order valence-corrected chi connectivity index (χ0v) is 18.5. The molecule has 0 unspecified atom stereocenters. The SMILES string of the molecule is COc1ccc2c(c1)CCCN2C(=O)Cn1nc(-c2ccc3c(c2)OCCCO3)ccc1=O. The van der Waals surface area contributed by atoms with Gasteiger partial charge in [0.05, 0.1) is 26.0 Å². The predicted octanol–water partition coefficient (Wildman–Crippen LogP) is 3.06. The fourth-order valence-corrected chi connectivity index (χ4v) is 4.21. The van der Waals surface area contributed by atoms with E-state index < -0.39 is 0 Å². The molecule has 0 atom stereocenters. The molecule has 2 aliphatic rings. The fourth-order valence-electron chi connectivity index (χ4n) is 4.21. The van der Waals surface area contributed by atoms with Crippen molar-refractivity contribution in [2.45, 2.75) is 25.8 Å². The summed E-state index contributed by atoms with van der Waals surface area (Å²) < 4.78 is 18.0. The highest BCUT2D eigenvalue weighted by atomic mass is 16.5. The van der Waals surface area contributed by atoms with Gasteiger partial charge < -0.3 is 19.1 Å². The van der Waals surface area contributed by atoms with Crippen LogP contribution in [-0.4, -0.2) is 42.6 Å². The highest BCUT2D eigenvalue weighted by molar-refractivity contribution is 5.94. The number of aromatic nitrogens is 2. The molecule has 3 aromatic rings. The molecular formula is C25H25N3O5. The van der Waals surface area contributed by atoms with Gasteiger partial charge >= 0.3 is 0 Å². The monoisotopic (exact) mass is 447 g/mol. The summed E-state index contributed by atoms with van der Waals surface area (Å²) in [6.45, 7) is 1.67. The topological polar surface area (TPSA) is 82.9 Å². The summed E-state index contributed by atoms with van der Waals surface area (Å²) in [6, 6.07) is 14.4. The van der Waals surface area contributed by atoms with Gasteiger partial charge in [-0.3, -0.25) is 9.59 Å². The molecule has 0 N–H and O–H groups in total. The molecule has 0 aliphatic carbocycles. The van der Waals surface area contributed by atoms with Gasteiger partial charge in [-0.05, 0) is 60.9 Å². The van der Waals surface area contributed by atoms with Gasteiger partial charge in [-0.2, -0.15) is 5.10 Å². The van der Waals surface area contributed by atoms with Crippen LogP contribution in [0.25, 0.3) is 11.3 Å². The number of hydrogen-bond acceptors (Lipinski definition) is 6. The van der Waals surface area contributed by atoms with Crippen LogP contribution in [0.5, 0.6) is 17.2 Å². The average molecular weight is 447 g/mol. The lowest BCUT2D eigenvalue weighted by Gasteiger charge is -2.29. The van der Waals surface area contributed by atoms with Crippen molar-refractivity contribution in [1.82, 2.24) is 9.78 Å². The molecule has 0 fully saturated rings. The Hall–Kier alpha value is -3.81. The first kappa shape index (κ1) is 21.1. The number of carbonyl (C=O) groups is 1. The first-order valence-corrected chi connectivity index (χ1v) is 11.1. The van der Waals surface area contributed by atoms with Crippen LogP contribution >= 0.6 is 0 Å². The van der Waals surface area contributed by atoms with Crippen LogP contribution in [-0.2, 0) is 17.8 Å². The van der Waals surface area contributed by atoms with Crippen molar-refractivity contribution in [2.75, 3.05) is 31.8 Å². The van der Waals surface area contributed by atoms with Gasteiger partial charge in [0.1, 0.15) is 12.3 Å². The summed E-state index contributed by atoms with van der Waals surface area (Å²) in [7, 11) is 1.63. The lowest BCUT2D eigenvalue weighted by atomic mass is 10.0. The van der Waals surface area contributed by atoms with Gasteiger partial charge in [-0.25, -0.2) is 4.68 Å². The minimum absolute atomic E-state index is 0.136. The summed E-state index contributed by atoms with van der Waals surface area (Å²) >= 11 is 0. The fraction of sp³-hybridized carbons (Fsp3) is 0.320. The van der Waals surface area contributed by atoms with E-state index in [1.165, 1.54) is 10.7 Å². The number of carbonyl (C=O) groups excluding carboxylic acids is 1. The minimum atomic E-state index is -0.326. The number of benzene rings is 2. The van der Waals surface area contributed by atoms with Crippen molar-refractivity contribution in [1.29, 1.82) is 0 Å². The summed E-state index contributed by atoms with van der Waals surface area (Å²) in [6.07, 6.45) is 2.56. The Balaban J connectivity index is 1.40. The Labute approximate surface area is 191 Å². The van der Waals surface area contributed by atoms with E-state index in [0.29, 0.717) is 37.0 Å². The number of aryl methyl sites for hydroxylation is 1. The molecule has 0 saturated carbocycles. The molecule has 8 heteroatoms. The van der Waals surface area contributed by atoms with E-state index in [4.69, 9.17) is 14.2 Å². The Kier molecular flexibility index (Phi) is 5.73. The highest BCUT2D eigenvalue weighted by Crippen LogP contribution is 2.34. The Morgan fingerprint density at radius 1 is 1.03 bits per heavy atom. The van der Waals surface area contributed by atoms with Gasteiger partial charge in [0.2, 0.25) is 5.91 Å². The van der Waals surface area contributed by atoms with Gasteiger partial charge in [0, 0.05) is 30.3 Å². The van der Waals surface area contributed by atoms with E-state index in [9.17, 15) is 9.59 Å². The normalized spacial score (nSPS) is 14.9. The first-order chi connectivity index (χ1) is 16.1. The van der Waals surface area contributed by atoms with Gasteiger partial charge in [-0.1, -0.05) is 0 Å². The van der Waals surface area contributed by atoms with E-state index in [-0.39, 0.29) is 18.0 Å². The van der Waals surface area contributed by atoms with Crippen LogP contribution in [0, 0.1) is 0 Å². The second-order valence-corrected chi connectivity index (χ2v) is 8.07. The first-order valence-electron chi connectivity index (χ1n) is 11.1. The van der Waals surface area contributed by atoms with E-state index in [1.807, 2.05) is 36.4 Å². The molecule has 5 rings (SSSR count). The van der Waals surface area contributed by atoms with Gasteiger partial charge in [0.15, 0.2) is 11.5 Å². The van der Waals surface area contributed by atoms with Crippen LogP contribution in [0.2, 0.25) is 0 Å². The van der Waals surface area contributed by atoms with Gasteiger partial charge in [0.25, 0.3) is 5.56 Å². The molecule has 2 aromatic carbocycles. The number of rotatable bonds is 4. The Bertz CT molecular complexity index is 1250. The molecule has 0 spiro atoms. The highest BCUT2D eigenvalue weighted by Gasteiger charge is 2.24. The number of hydrogen-bond donors (Lipinski definition) is 0. The molecule has 1 aromatic heterocycles. The summed E-state index contributed by atoms with van der Waals surface area (Å²) in [5.41, 5.74) is 2.97. The predicted molar refractivity (Wildman–Crippen MR) is 123 cm³/mol. The van der Waals surface area contributed by atoms with Crippen molar-refractivity contribution in [3.05, 3.63) is 64.4 Å². The molecule has 3 heterocycles. The number of ether oxygens (including phenoxy) is 3. The summed E-state index contributed by atoms with van der Waals surface area (Å²) in [5, 5.41) is 4.47. The van der Waals surface area contributed by atoms with Crippen molar-refractivity contribution >= 4 is 11.6 Å². The third kappa shape index (κ3) is 4.28. The van der Waals surface area contributed by atoms with Crippen LogP contribution in [0.3, 0.4) is 0 Å². The summed E-state index contributed by atoms with van der Waals surface area (Å²) in [4.78, 5) is 27.4. The molecule has 0 radical (unpaired) electrons. The zero-order chi connectivity index (χ0) is 22.8. The third-order valence-electron chi connectivity index (χ3n) is 5.90. The average Bonchev–Trinajstić information content (AvgIpc) is 3.09. The molecule has 8 nitrogen and oxygen atoms in total. The smallest absolute Gasteiger partial charge is 0.267 e. The van der Waals surface area contributed by atoms with Crippen molar-refractivity contribution in [3.8, 4) is 28.5 Å². The van der Waals surface area contributed by atoms with Gasteiger partial charge in [-0.15, -0.1) is 0 Å². The molecule has 0 saturated heterocycles. The van der Waals surface area contributed by atoms with Crippen LogP contribution in [0.4, 0.5) is 5.69 Å². The van der Waals surface area contributed by atoms with Crippen LogP contribution < -0.4 is 24.7 Å². The number of amides is 1. The largest absolute Gasteiger partial charge is 0.497 e. The second kappa shape index (κ2) is 8.97. The Morgan fingerprint density at radius 3 is 2.73 bits per heavy atom. The molecule has 2 aliphatic heterocycles. The van der Waals surface area contributed by atoms with Crippen molar-refractivity contribution < 1.29 is 19.0 Å². The van der Waals surface area contributed by atoms with E-state index in [2.05, 4.69) is 5.10 Å². The van der Waals surface area contributed by atoms with Crippen molar-refractivity contribution in [2.24, 2.45) is 0 Å². The van der Waals surface area contributed by atoms with E-state index in [0.717, 1.165) is 41.8 Å². The standard InChI is InChI=1S/C25H25N3O5/c1-31-19-6-8-21-18(14-19)4-2-11-27(21)25(30)16-28-24(29)10-7-20(26-28)17-5-9-22-23(15-17)33-13-3-12-32-22/h5-10,14-15H,2-4,11-13,16H2,1H3. The quantitative estimate of drug-likeness (QED) is 0.611. The lowest BCUT2D eigenvalue weighted by Crippen LogP contribution is -2.40. The molecule has 33 heavy (non-hydrogen) atoms. The lowest BCUT2D eigenvalue weighted by molar-refractivity contribution is -0.119. The molecular weight excluding hydrogens is 422 g/mol. The van der Waals surface area contributed by atoms with Crippen LogP contribution in [0.1, 0.15) is 18.4 Å². The van der Waals surface area contributed by atoms with E-state index >= 15 is 0 Å². The summed E-state index contributed by atoms with van der Waals surface area (Å²) in [5.74, 6) is 1.94. The molecule has 1 amide bonds. The van der Waals surface area contributed by atoms with Crippen LogP contribution in [0.15, 0.2) is 53.3 Å². The third-order valence-corrected chi connectivity index (χ3v) is 5.90. The second-order valence-electron chi connectivity index (χ2n) is 8.07. The number of fused-ring (bicyclic) bond motifs is 2.